The van der Waals surface area contributed by atoms with Gasteiger partial charge in [0, 0.05) is 18.0 Å². The number of benzene rings is 1. The number of aromatic nitrogens is 1. The van der Waals surface area contributed by atoms with Crippen molar-refractivity contribution in [1.29, 1.82) is 0 Å². The Morgan fingerprint density at radius 1 is 1.20 bits per heavy atom. The summed E-state index contributed by atoms with van der Waals surface area (Å²) in [5.41, 5.74) is 0.229. The van der Waals surface area contributed by atoms with Crippen LogP contribution in [-0.2, 0) is 4.84 Å². The minimum absolute atomic E-state index is 0.364. The molecule has 0 N–H and O–H groups in total. The molecule has 0 spiro atoms. The standard InChI is InChI=1S/C14H10F2N2O2/c1-9(10-4-3-7-17-8-10)18-20-14(19)13-11(15)5-2-6-12(13)16/h2-8H,1H3/b18-9+. The first-order valence-corrected chi connectivity index (χ1v) is 5.70. The van der Waals surface area contributed by atoms with Crippen LogP contribution in [0, 0.1) is 11.6 Å². The lowest BCUT2D eigenvalue weighted by Gasteiger charge is -2.03. The van der Waals surface area contributed by atoms with Gasteiger partial charge in [0.05, 0.1) is 5.71 Å². The quantitative estimate of drug-likeness (QED) is 0.492. The average molecular weight is 276 g/mol. The van der Waals surface area contributed by atoms with Gasteiger partial charge in [0.15, 0.2) is 0 Å². The van der Waals surface area contributed by atoms with E-state index in [1.165, 1.54) is 6.20 Å². The number of rotatable bonds is 3. The van der Waals surface area contributed by atoms with Gasteiger partial charge in [-0.3, -0.25) is 4.98 Å². The first-order chi connectivity index (χ1) is 9.59. The van der Waals surface area contributed by atoms with Crippen molar-refractivity contribution in [1.82, 2.24) is 4.98 Å². The number of pyridine rings is 1. The lowest BCUT2D eigenvalue weighted by atomic mass is 10.2. The highest BCUT2D eigenvalue weighted by Gasteiger charge is 2.18. The Hall–Kier alpha value is -2.63. The monoisotopic (exact) mass is 276 g/mol. The molecule has 102 valence electrons. The fraction of sp³-hybridized carbons (Fsp3) is 0.0714. The van der Waals surface area contributed by atoms with Gasteiger partial charge in [-0.05, 0) is 31.2 Å². The molecule has 4 nitrogen and oxygen atoms in total. The van der Waals surface area contributed by atoms with Gasteiger partial charge >= 0.3 is 5.97 Å². The van der Waals surface area contributed by atoms with Crippen molar-refractivity contribution >= 4 is 11.7 Å². The zero-order valence-electron chi connectivity index (χ0n) is 10.5. The molecule has 0 radical (unpaired) electrons. The zero-order valence-corrected chi connectivity index (χ0v) is 10.5. The van der Waals surface area contributed by atoms with Crippen LogP contribution in [0.5, 0.6) is 0 Å². The fourth-order valence-electron chi connectivity index (χ4n) is 1.48. The van der Waals surface area contributed by atoms with Gasteiger partial charge < -0.3 is 4.84 Å². The van der Waals surface area contributed by atoms with Gasteiger partial charge in [0.1, 0.15) is 17.2 Å². The third-order valence-corrected chi connectivity index (χ3v) is 2.51. The lowest BCUT2D eigenvalue weighted by molar-refractivity contribution is 0.0505. The predicted octanol–water partition coefficient (Wildman–Crippen LogP) is 2.94. The van der Waals surface area contributed by atoms with Crippen molar-refractivity contribution in [3.63, 3.8) is 0 Å². The van der Waals surface area contributed by atoms with E-state index in [1.807, 2.05) is 0 Å². The second kappa shape index (κ2) is 6.01. The van der Waals surface area contributed by atoms with Crippen molar-refractivity contribution < 1.29 is 18.4 Å². The second-order valence-electron chi connectivity index (χ2n) is 3.89. The third kappa shape index (κ3) is 3.03. The van der Waals surface area contributed by atoms with Crippen LogP contribution in [0.15, 0.2) is 47.9 Å². The molecule has 0 amide bonds. The van der Waals surface area contributed by atoms with Crippen LogP contribution >= 0.6 is 0 Å². The highest BCUT2D eigenvalue weighted by Crippen LogP contribution is 2.13. The molecule has 20 heavy (non-hydrogen) atoms. The maximum atomic E-state index is 13.3. The summed E-state index contributed by atoms with van der Waals surface area (Å²) in [4.78, 5) is 20.0. The van der Waals surface area contributed by atoms with E-state index in [-0.39, 0.29) is 0 Å². The molecule has 1 heterocycles. The Labute approximate surface area is 113 Å². The number of oxime groups is 1. The van der Waals surface area contributed by atoms with E-state index in [4.69, 9.17) is 0 Å². The van der Waals surface area contributed by atoms with E-state index in [1.54, 1.807) is 25.3 Å². The van der Waals surface area contributed by atoms with E-state index in [0.29, 0.717) is 11.3 Å². The molecular weight excluding hydrogens is 266 g/mol. The van der Waals surface area contributed by atoms with Gasteiger partial charge in [0.25, 0.3) is 0 Å². The molecule has 0 aliphatic heterocycles. The maximum absolute atomic E-state index is 13.3. The van der Waals surface area contributed by atoms with Crippen molar-refractivity contribution in [2.45, 2.75) is 6.92 Å². The number of carbonyl (C=O) groups excluding carboxylic acids is 1. The Balaban J connectivity index is 2.17. The lowest BCUT2D eigenvalue weighted by Crippen LogP contribution is -2.08. The van der Waals surface area contributed by atoms with Crippen molar-refractivity contribution in [2.75, 3.05) is 0 Å². The first kappa shape index (κ1) is 13.8. The summed E-state index contributed by atoms with van der Waals surface area (Å²) >= 11 is 0. The summed E-state index contributed by atoms with van der Waals surface area (Å²) in [7, 11) is 0. The van der Waals surface area contributed by atoms with Crippen LogP contribution in [0.25, 0.3) is 0 Å². The van der Waals surface area contributed by atoms with E-state index >= 15 is 0 Å². The molecule has 2 aromatic rings. The van der Waals surface area contributed by atoms with Crippen molar-refractivity contribution in [3.8, 4) is 0 Å². The van der Waals surface area contributed by atoms with Crippen molar-refractivity contribution in [3.05, 3.63) is 65.5 Å². The van der Waals surface area contributed by atoms with Gasteiger partial charge in [-0.1, -0.05) is 11.2 Å². The molecule has 0 atom stereocenters. The van der Waals surface area contributed by atoms with E-state index < -0.39 is 23.2 Å². The molecular formula is C14H10F2N2O2. The highest BCUT2D eigenvalue weighted by molar-refractivity contribution is 5.99. The van der Waals surface area contributed by atoms with Crippen LogP contribution in [0.3, 0.4) is 0 Å². The van der Waals surface area contributed by atoms with Gasteiger partial charge in [-0.15, -0.1) is 0 Å². The largest absolute Gasteiger partial charge is 0.371 e. The summed E-state index contributed by atoms with van der Waals surface area (Å²) in [6, 6.07) is 6.50. The molecule has 6 heteroatoms. The van der Waals surface area contributed by atoms with Gasteiger partial charge in [-0.25, -0.2) is 13.6 Å². The Bertz CT molecular complexity index is 637. The molecule has 0 saturated heterocycles. The Morgan fingerprint density at radius 2 is 1.90 bits per heavy atom. The minimum atomic E-state index is -1.19. The predicted molar refractivity (Wildman–Crippen MR) is 68.2 cm³/mol. The first-order valence-electron chi connectivity index (χ1n) is 5.70. The summed E-state index contributed by atoms with van der Waals surface area (Å²) in [5.74, 6) is -3.18. The summed E-state index contributed by atoms with van der Waals surface area (Å²) in [6.07, 6.45) is 3.11. The molecule has 2 rings (SSSR count). The molecule has 1 aromatic carbocycles. The van der Waals surface area contributed by atoms with Gasteiger partial charge in [0.2, 0.25) is 0 Å². The minimum Gasteiger partial charge on any atom is -0.312 e. The molecule has 0 bridgehead atoms. The number of nitrogens with zero attached hydrogens (tertiary/aromatic N) is 2. The number of halogens is 2. The number of hydrogen-bond acceptors (Lipinski definition) is 4. The van der Waals surface area contributed by atoms with Crippen LogP contribution in [0.2, 0.25) is 0 Å². The number of carbonyl (C=O) groups is 1. The van der Waals surface area contributed by atoms with E-state index in [0.717, 1.165) is 18.2 Å². The molecule has 0 unspecified atom stereocenters. The topological polar surface area (TPSA) is 51.5 Å². The SMILES string of the molecule is C/C(=N\OC(=O)c1c(F)cccc1F)c1cccnc1. The van der Waals surface area contributed by atoms with E-state index in [9.17, 15) is 13.6 Å². The highest BCUT2D eigenvalue weighted by atomic mass is 19.1. The molecule has 0 fully saturated rings. The van der Waals surface area contributed by atoms with E-state index in [2.05, 4.69) is 15.0 Å². The molecule has 0 aliphatic rings. The van der Waals surface area contributed by atoms with Crippen LogP contribution in [0.1, 0.15) is 22.8 Å². The zero-order chi connectivity index (χ0) is 14.5. The maximum Gasteiger partial charge on any atom is 0.371 e. The molecule has 0 saturated carbocycles. The second-order valence-corrected chi connectivity index (χ2v) is 3.89. The van der Waals surface area contributed by atoms with Crippen LogP contribution in [-0.4, -0.2) is 16.7 Å². The summed E-state index contributed by atoms with van der Waals surface area (Å²) in [5, 5.41) is 3.55. The Morgan fingerprint density at radius 3 is 2.50 bits per heavy atom. The fourth-order valence-corrected chi connectivity index (χ4v) is 1.48. The Kier molecular flexibility index (Phi) is 4.14. The van der Waals surface area contributed by atoms with Gasteiger partial charge in [-0.2, -0.15) is 0 Å². The van der Waals surface area contributed by atoms with Crippen LogP contribution in [0.4, 0.5) is 8.78 Å². The molecule has 0 aliphatic carbocycles. The third-order valence-electron chi connectivity index (χ3n) is 2.51. The molecule has 1 aromatic heterocycles. The number of hydrogen-bond donors (Lipinski definition) is 0. The van der Waals surface area contributed by atoms with Crippen LogP contribution < -0.4 is 0 Å². The summed E-state index contributed by atoms with van der Waals surface area (Å²) in [6.45, 7) is 1.59. The smallest absolute Gasteiger partial charge is 0.312 e. The van der Waals surface area contributed by atoms with Crippen molar-refractivity contribution in [2.24, 2.45) is 5.16 Å². The normalized spacial score (nSPS) is 11.2. The average Bonchev–Trinajstić information content (AvgIpc) is 2.45. The summed E-state index contributed by atoms with van der Waals surface area (Å²) < 4.78 is 26.7.